The zero-order valence-electron chi connectivity index (χ0n) is 12.7. The molecule has 1 amide bonds. The van der Waals surface area contributed by atoms with Crippen LogP contribution in [0.4, 0.5) is 5.69 Å². The number of rotatable bonds is 4. The van der Waals surface area contributed by atoms with Crippen LogP contribution < -0.4 is 10.6 Å². The Morgan fingerprint density at radius 1 is 1.04 bits per heavy atom. The van der Waals surface area contributed by atoms with Crippen LogP contribution in [0.3, 0.4) is 0 Å². The first-order chi connectivity index (χ1) is 11.1. The van der Waals surface area contributed by atoms with E-state index in [2.05, 4.69) is 0 Å². The van der Waals surface area contributed by atoms with Crippen molar-refractivity contribution >= 4 is 51.3 Å². The SMILES string of the molecule is Br.N=C(N)SCc1ccc(CN2C(=O)C(=O)c3ccccc32)cc1. The molecule has 0 fully saturated rings. The number of amidine groups is 1. The first-order valence-electron chi connectivity index (χ1n) is 7.06. The van der Waals surface area contributed by atoms with Gasteiger partial charge in [-0.1, -0.05) is 48.2 Å². The van der Waals surface area contributed by atoms with Gasteiger partial charge in [-0.2, -0.15) is 0 Å². The second kappa shape index (κ2) is 7.63. The molecule has 0 aromatic heterocycles. The van der Waals surface area contributed by atoms with E-state index in [4.69, 9.17) is 11.1 Å². The Bertz CT molecular complexity index is 793. The number of halogens is 1. The zero-order chi connectivity index (χ0) is 16.4. The molecule has 3 rings (SSSR count). The molecule has 1 aliphatic rings. The van der Waals surface area contributed by atoms with Gasteiger partial charge in [0.2, 0.25) is 0 Å². The fourth-order valence-corrected chi connectivity index (χ4v) is 3.00. The molecule has 5 nitrogen and oxygen atoms in total. The maximum absolute atomic E-state index is 12.1. The first-order valence-corrected chi connectivity index (χ1v) is 8.04. The zero-order valence-corrected chi connectivity index (χ0v) is 15.2. The largest absolute Gasteiger partial charge is 0.379 e. The second-order valence-electron chi connectivity index (χ2n) is 5.21. The minimum Gasteiger partial charge on any atom is -0.379 e. The molecule has 7 heteroatoms. The van der Waals surface area contributed by atoms with Gasteiger partial charge in [0.05, 0.1) is 17.8 Å². The van der Waals surface area contributed by atoms with Gasteiger partial charge in [-0.15, -0.1) is 17.0 Å². The Labute approximate surface area is 154 Å². The molecule has 0 radical (unpaired) electrons. The number of benzene rings is 2. The summed E-state index contributed by atoms with van der Waals surface area (Å²) in [6.07, 6.45) is 0. The number of anilines is 1. The Morgan fingerprint density at radius 3 is 2.33 bits per heavy atom. The maximum Gasteiger partial charge on any atom is 0.299 e. The number of carbonyl (C=O) groups is 2. The van der Waals surface area contributed by atoms with Crippen LogP contribution in [0.1, 0.15) is 21.5 Å². The third-order valence-corrected chi connectivity index (χ3v) is 4.43. The standard InChI is InChI=1S/C17H15N3O2S.BrH/c18-17(19)23-10-12-7-5-11(6-8-12)9-20-14-4-2-1-3-13(14)15(21)16(20)22;/h1-8H,9-10H2,(H3,18,19);1H. The summed E-state index contributed by atoms with van der Waals surface area (Å²) in [6.45, 7) is 0.363. The Kier molecular flexibility index (Phi) is 5.80. The summed E-state index contributed by atoms with van der Waals surface area (Å²) in [6, 6.07) is 14.8. The number of nitrogens with one attached hydrogen (secondary N) is 1. The van der Waals surface area contributed by atoms with Gasteiger partial charge in [-0.25, -0.2) is 0 Å². The highest BCUT2D eigenvalue weighted by molar-refractivity contribution is 8.93. The van der Waals surface area contributed by atoms with Crippen LogP contribution in [0, 0.1) is 5.41 Å². The van der Waals surface area contributed by atoms with Gasteiger partial charge in [0.15, 0.2) is 5.17 Å². The summed E-state index contributed by atoms with van der Waals surface area (Å²) in [5, 5.41) is 7.30. The van der Waals surface area contributed by atoms with Crippen LogP contribution in [-0.2, 0) is 17.1 Å². The lowest BCUT2D eigenvalue weighted by Crippen LogP contribution is -2.29. The minimum atomic E-state index is -0.484. The maximum atomic E-state index is 12.1. The summed E-state index contributed by atoms with van der Waals surface area (Å²) >= 11 is 1.27. The summed E-state index contributed by atoms with van der Waals surface area (Å²) in [7, 11) is 0. The van der Waals surface area contributed by atoms with Gasteiger partial charge in [0.25, 0.3) is 11.7 Å². The van der Waals surface area contributed by atoms with Crippen molar-refractivity contribution in [2.45, 2.75) is 12.3 Å². The number of thioether (sulfide) groups is 1. The van der Waals surface area contributed by atoms with E-state index in [9.17, 15) is 9.59 Å². The smallest absolute Gasteiger partial charge is 0.299 e. The molecule has 3 N–H and O–H groups in total. The number of ketones is 1. The molecule has 0 atom stereocenters. The summed E-state index contributed by atoms with van der Waals surface area (Å²) in [4.78, 5) is 25.6. The number of Topliss-reactive ketones (excluding diaryl/α,β-unsaturated/α-hetero) is 1. The van der Waals surface area contributed by atoms with Crippen molar-refractivity contribution in [1.29, 1.82) is 5.41 Å². The molecule has 24 heavy (non-hydrogen) atoms. The van der Waals surface area contributed by atoms with Gasteiger partial charge >= 0.3 is 0 Å². The molecule has 124 valence electrons. The molecular formula is C17H16BrN3O2S. The molecule has 1 aliphatic heterocycles. The highest BCUT2D eigenvalue weighted by Gasteiger charge is 2.35. The number of para-hydroxylation sites is 1. The fraction of sp³-hybridized carbons (Fsp3) is 0.118. The normalized spacial score (nSPS) is 12.8. The Hall–Kier alpha value is -2.12. The molecule has 0 saturated carbocycles. The van der Waals surface area contributed by atoms with E-state index in [-0.39, 0.29) is 22.1 Å². The lowest BCUT2D eigenvalue weighted by atomic mass is 10.1. The summed E-state index contributed by atoms with van der Waals surface area (Å²) in [5.74, 6) is -0.294. The number of amides is 1. The number of nitrogens with zero attached hydrogens (tertiary/aromatic N) is 1. The monoisotopic (exact) mass is 405 g/mol. The van der Waals surface area contributed by atoms with E-state index in [1.165, 1.54) is 16.7 Å². The quantitative estimate of drug-likeness (QED) is 0.464. The van der Waals surface area contributed by atoms with Gasteiger partial charge in [0, 0.05) is 5.75 Å². The average Bonchev–Trinajstić information content (AvgIpc) is 2.80. The molecule has 0 bridgehead atoms. The fourth-order valence-electron chi connectivity index (χ4n) is 2.49. The number of nitrogens with two attached hydrogens (primary N) is 1. The Morgan fingerprint density at radius 2 is 1.67 bits per heavy atom. The third kappa shape index (κ3) is 3.68. The minimum absolute atomic E-state index is 0. The van der Waals surface area contributed by atoms with Crippen molar-refractivity contribution in [2.75, 3.05) is 4.90 Å². The average molecular weight is 406 g/mol. The van der Waals surface area contributed by atoms with Crippen molar-refractivity contribution in [3.8, 4) is 0 Å². The van der Waals surface area contributed by atoms with Crippen LogP contribution in [-0.4, -0.2) is 16.9 Å². The molecule has 0 spiro atoms. The molecule has 0 unspecified atom stereocenters. The molecular weight excluding hydrogens is 390 g/mol. The first kappa shape index (κ1) is 18.2. The van der Waals surface area contributed by atoms with Crippen molar-refractivity contribution in [1.82, 2.24) is 0 Å². The van der Waals surface area contributed by atoms with Crippen LogP contribution in [0.25, 0.3) is 0 Å². The number of carbonyl (C=O) groups excluding carboxylic acids is 2. The highest BCUT2D eigenvalue weighted by Crippen LogP contribution is 2.30. The molecule has 2 aromatic rings. The predicted octanol–water partition coefficient (Wildman–Crippen LogP) is 3.12. The van der Waals surface area contributed by atoms with Crippen LogP contribution in [0.5, 0.6) is 0 Å². The molecule has 0 saturated heterocycles. The van der Waals surface area contributed by atoms with E-state index in [1.807, 2.05) is 30.3 Å². The van der Waals surface area contributed by atoms with E-state index in [1.54, 1.807) is 18.2 Å². The van der Waals surface area contributed by atoms with Crippen LogP contribution in [0.2, 0.25) is 0 Å². The summed E-state index contributed by atoms with van der Waals surface area (Å²) in [5.41, 5.74) is 8.45. The van der Waals surface area contributed by atoms with Gasteiger partial charge < -0.3 is 10.6 Å². The third-order valence-electron chi connectivity index (χ3n) is 3.64. The predicted molar refractivity (Wildman–Crippen MR) is 102 cm³/mol. The number of hydrogen-bond acceptors (Lipinski definition) is 4. The van der Waals surface area contributed by atoms with Crippen LogP contribution in [0.15, 0.2) is 48.5 Å². The van der Waals surface area contributed by atoms with E-state index < -0.39 is 11.7 Å². The topological polar surface area (TPSA) is 87.2 Å². The Balaban J connectivity index is 0.00000208. The van der Waals surface area contributed by atoms with Crippen molar-refractivity contribution in [3.63, 3.8) is 0 Å². The molecule has 1 heterocycles. The van der Waals surface area contributed by atoms with Crippen molar-refractivity contribution in [2.24, 2.45) is 5.73 Å². The van der Waals surface area contributed by atoms with E-state index in [0.29, 0.717) is 23.5 Å². The number of hydrogen-bond donors (Lipinski definition) is 2. The lowest BCUT2D eigenvalue weighted by molar-refractivity contribution is -0.114. The van der Waals surface area contributed by atoms with Crippen LogP contribution >= 0.6 is 28.7 Å². The van der Waals surface area contributed by atoms with Gasteiger partial charge in [-0.05, 0) is 23.3 Å². The lowest BCUT2D eigenvalue weighted by Gasteiger charge is -2.16. The summed E-state index contributed by atoms with van der Waals surface area (Å²) < 4.78 is 0. The highest BCUT2D eigenvalue weighted by atomic mass is 79.9. The molecule has 0 aliphatic carbocycles. The molecule has 2 aromatic carbocycles. The van der Waals surface area contributed by atoms with E-state index >= 15 is 0 Å². The van der Waals surface area contributed by atoms with Gasteiger partial charge in [0.1, 0.15) is 0 Å². The van der Waals surface area contributed by atoms with E-state index in [0.717, 1.165) is 11.1 Å². The number of fused-ring (bicyclic) bond motifs is 1. The van der Waals surface area contributed by atoms with Gasteiger partial charge in [-0.3, -0.25) is 15.0 Å². The van der Waals surface area contributed by atoms with Crippen molar-refractivity contribution < 1.29 is 9.59 Å². The van der Waals surface area contributed by atoms with Crippen molar-refractivity contribution in [3.05, 3.63) is 65.2 Å². The second-order valence-corrected chi connectivity index (χ2v) is 6.22.